The van der Waals surface area contributed by atoms with E-state index in [4.69, 9.17) is 14.6 Å². The van der Waals surface area contributed by atoms with Crippen molar-refractivity contribution in [2.75, 3.05) is 7.11 Å². The summed E-state index contributed by atoms with van der Waals surface area (Å²) in [5.74, 6) is 0.150. The summed E-state index contributed by atoms with van der Waals surface area (Å²) in [6, 6.07) is 5.34. The number of methoxy groups -OCH3 is 1. The Morgan fingerprint density at radius 1 is 1.41 bits per heavy atom. The number of ether oxygens (including phenoxy) is 2. The summed E-state index contributed by atoms with van der Waals surface area (Å²) in [4.78, 5) is 10.5. The van der Waals surface area contributed by atoms with Gasteiger partial charge in [0.1, 0.15) is 0 Å². The first-order valence-corrected chi connectivity index (χ1v) is 5.29. The van der Waals surface area contributed by atoms with Gasteiger partial charge >= 0.3 is 5.97 Å². The Balaban J connectivity index is 3.14. The first kappa shape index (κ1) is 13.1. The molecular weight excluding hydrogens is 220 g/mol. The Morgan fingerprint density at radius 2 is 2.12 bits per heavy atom. The largest absolute Gasteiger partial charge is 0.493 e. The Morgan fingerprint density at radius 3 is 2.65 bits per heavy atom. The first-order valence-electron chi connectivity index (χ1n) is 5.29. The predicted octanol–water partition coefficient (Wildman–Crippen LogP) is 2.58. The van der Waals surface area contributed by atoms with Crippen molar-refractivity contribution in [2.24, 2.45) is 0 Å². The van der Waals surface area contributed by atoms with E-state index in [1.807, 2.05) is 13.8 Å². The average Bonchev–Trinajstić information content (AvgIpc) is 2.26. The number of rotatable bonds is 5. The van der Waals surface area contributed by atoms with Gasteiger partial charge in [-0.2, -0.15) is 0 Å². The van der Waals surface area contributed by atoms with Gasteiger partial charge in [-0.05, 0) is 26.0 Å². The summed E-state index contributed by atoms with van der Waals surface area (Å²) in [5, 5.41) is 8.62. The molecule has 0 radical (unpaired) electrons. The maximum Gasteiger partial charge on any atom is 0.328 e. The zero-order valence-electron chi connectivity index (χ0n) is 10.1. The average molecular weight is 236 g/mol. The van der Waals surface area contributed by atoms with Gasteiger partial charge in [0.2, 0.25) is 0 Å². The second-order valence-electron chi connectivity index (χ2n) is 3.72. The van der Waals surface area contributed by atoms with Crippen molar-refractivity contribution in [1.29, 1.82) is 0 Å². The van der Waals surface area contributed by atoms with Crippen LogP contribution in [0.1, 0.15) is 19.4 Å². The van der Waals surface area contributed by atoms with Gasteiger partial charge in [0.15, 0.2) is 11.5 Å². The van der Waals surface area contributed by atoms with Crippen LogP contribution < -0.4 is 9.47 Å². The molecule has 0 saturated carbocycles. The summed E-state index contributed by atoms with van der Waals surface area (Å²) >= 11 is 0. The number of hydrogen-bond donors (Lipinski definition) is 1. The molecule has 0 heterocycles. The fraction of sp³-hybridized carbons (Fsp3) is 0.308. The van der Waals surface area contributed by atoms with E-state index in [2.05, 4.69) is 0 Å². The number of hydrogen-bond acceptors (Lipinski definition) is 3. The van der Waals surface area contributed by atoms with E-state index in [0.717, 1.165) is 6.08 Å². The van der Waals surface area contributed by atoms with Gasteiger partial charge in [-0.1, -0.05) is 12.1 Å². The highest BCUT2D eigenvalue weighted by molar-refractivity contribution is 5.86. The topological polar surface area (TPSA) is 55.8 Å². The molecule has 92 valence electrons. The van der Waals surface area contributed by atoms with Crippen LogP contribution in [-0.2, 0) is 4.79 Å². The second-order valence-corrected chi connectivity index (χ2v) is 3.72. The van der Waals surface area contributed by atoms with Crippen molar-refractivity contribution in [3.05, 3.63) is 29.8 Å². The number of aliphatic carboxylic acids is 1. The third-order valence-electron chi connectivity index (χ3n) is 1.99. The molecule has 0 atom stereocenters. The maximum atomic E-state index is 10.5. The van der Waals surface area contributed by atoms with E-state index in [-0.39, 0.29) is 6.10 Å². The molecule has 1 rings (SSSR count). The lowest BCUT2D eigenvalue weighted by Gasteiger charge is -2.15. The molecule has 0 spiro atoms. The number of para-hydroxylation sites is 1. The number of benzene rings is 1. The molecule has 0 aliphatic heterocycles. The van der Waals surface area contributed by atoms with Crippen molar-refractivity contribution in [1.82, 2.24) is 0 Å². The fourth-order valence-corrected chi connectivity index (χ4v) is 1.35. The van der Waals surface area contributed by atoms with Crippen molar-refractivity contribution < 1.29 is 19.4 Å². The molecule has 1 N–H and O–H groups in total. The molecular formula is C13H16O4. The molecule has 0 fully saturated rings. The molecule has 0 aromatic heterocycles. The zero-order valence-corrected chi connectivity index (χ0v) is 10.1. The quantitative estimate of drug-likeness (QED) is 0.798. The lowest BCUT2D eigenvalue weighted by atomic mass is 10.1. The van der Waals surface area contributed by atoms with Gasteiger partial charge in [-0.3, -0.25) is 0 Å². The van der Waals surface area contributed by atoms with Crippen LogP contribution >= 0.6 is 0 Å². The highest BCUT2D eigenvalue weighted by atomic mass is 16.5. The van der Waals surface area contributed by atoms with Crippen LogP contribution in [0.15, 0.2) is 24.3 Å². The Hall–Kier alpha value is -1.97. The predicted molar refractivity (Wildman–Crippen MR) is 65.4 cm³/mol. The second kappa shape index (κ2) is 5.94. The highest BCUT2D eigenvalue weighted by Gasteiger charge is 2.10. The molecule has 4 heteroatoms. The van der Waals surface area contributed by atoms with Gasteiger partial charge in [-0.15, -0.1) is 0 Å². The summed E-state index contributed by atoms with van der Waals surface area (Å²) in [6.07, 6.45) is 2.55. The van der Waals surface area contributed by atoms with Crippen LogP contribution in [0.5, 0.6) is 11.5 Å². The van der Waals surface area contributed by atoms with Crippen LogP contribution in [-0.4, -0.2) is 24.3 Å². The molecule has 0 aliphatic rings. The van der Waals surface area contributed by atoms with Gasteiger partial charge in [-0.25, -0.2) is 4.79 Å². The Labute approximate surface area is 100 Å². The van der Waals surface area contributed by atoms with Crippen LogP contribution in [0, 0.1) is 0 Å². The monoisotopic (exact) mass is 236 g/mol. The third kappa shape index (κ3) is 3.83. The number of carbonyl (C=O) groups is 1. The van der Waals surface area contributed by atoms with E-state index < -0.39 is 5.97 Å². The first-order chi connectivity index (χ1) is 8.04. The number of carboxylic acid groups (broad SMARTS) is 1. The summed E-state index contributed by atoms with van der Waals surface area (Å²) in [5.41, 5.74) is 0.681. The summed E-state index contributed by atoms with van der Waals surface area (Å²) < 4.78 is 10.8. The molecule has 4 nitrogen and oxygen atoms in total. The minimum absolute atomic E-state index is 0.0109. The highest BCUT2D eigenvalue weighted by Crippen LogP contribution is 2.32. The van der Waals surface area contributed by atoms with E-state index in [1.54, 1.807) is 25.3 Å². The van der Waals surface area contributed by atoms with Crippen molar-refractivity contribution in [3.63, 3.8) is 0 Å². The van der Waals surface area contributed by atoms with E-state index in [9.17, 15) is 4.79 Å². The molecule has 1 aromatic carbocycles. The van der Waals surface area contributed by atoms with Gasteiger partial charge in [0.05, 0.1) is 13.2 Å². The molecule has 0 unspecified atom stereocenters. The zero-order chi connectivity index (χ0) is 12.8. The van der Waals surface area contributed by atoms with Crippen LogP contribution in [0.4, 0.5) is 0 Å². The standard InChI is InChI=1S/C13H16O4/c1-9(2)17-13-10(7-8-12(14)15)5-4-6-11(13)16-3/h4-9H,1-3H3,(H,14,15)/b8-7+. The normalized spacial score (nSPS) is 10.8. The van der Waals surface area contributed by atoms with Crippen LogP contribution in [0.25, 0.3) is 6.08 Å². The van der Waals surface area contributed by atoms with Crippen molar-refractivity contribution in [2.45, 2.75) is 20.0 Å². The van der Waals surface area contributed by atoms with Crippen molar-refractivity contribution >= 4 is 12.0 Å². The fourth-order valence-electron chi connectivity index (χ4n) is 1.35. The SMILES string of the molecule is COc1cccc(/C=C/C(=O)O)c1OC(C)C. The van der Waals surface area contributed by atoms with E-state index in [0.29, 0.717) is 17.1 Å². The molecule has 1 aromatic rings. The van der Waals surface area contributed by atoms with E-state index in [1.165, 1.54) is 6.08 Å². The number of carboxylic acids is 1. The third-order valence-corrected chi connectivity index (χ3v) is 1.99. The van der Waals surface area contributed by atoms with Crippen molar-refractivity contribution in [3.8, 4) is 11.5 Å². The molecule has 17 heavy (non-hydrogen) atoms. The maximum absolute atomic E-state index is 10.5. The minimum atomic E-state index is -0.997. The molecule has 0 bridgehead atoms. The molecule has 0 aliphatic carbocycles. The van der Waals surface area contributed by atoms with Crippen LogP contribution in [0.3, 0.4) is 0 Å². The Kier molecular flexibility index (Phi) is 4.57. The summed E-state index contributed by atoms with van der Waals surface area (Å²) in [6.45, 7) is 3.80. The van der Waals surface area contributed by atoms with Gasteiger partial charge < -0.3 is 14.6 Å². The molecule has 0 saturated heterocycles. The lowest BCUT2D eigenvalue weighted by molar-refractivity contribution is -0.131. The van der Waals surface area contributed by atoms with Gasteiger partial charge in [0.25, 0.3) is 0 Å². The van der Waals surface area contributed by atoms with Crippen LogP contribution in [0.2, 0.25) is 0 Å². The van der Waals surface area contributed by atoms with E-state index >= 15 is 0 Å². The minimum Gasteiger partial charge on any atom is -0.493 e. The molecule has 0 amide bonds. The van der Waals surface area contributed by atoms with Gasteiger partial charge in [0, 0.05) is 11.6 Å². The Bertz CT molecular complexity index is 421. The lowest BCUT2D eigenvalue weighted by Crippen LogP contribution is -2.08. The summed E-state index contributed by atoms with van der Waals surface area (Å²) in [7, 11) is 1.55. The smallest absolute Gasteiger partial charge is 0.328 e.